The zero-order valence-corrected chi connectivity index (χ0v) is 18.5. The zero-order chi connectivity index (χ0) is 23.9. The number of hydrogen-bond acceptors (Lipinski definition) is 8. The number of nitrogens with zero attached hydrogens (tertiary/aromatic N) is 3. The third-order valence-electron chi connectivity index (χ3n) is 5.93. The molecule has 1 aromatic carbocycles. The number of ether oxygens (including phenoxy) is 2. The molecule has 9 heteroatoms. The van der Waals surface area contributed by atoms with E-state index in [-0.39, 0.29) is 29.0 Å². The van der Waals surface area contributed by atoms with E-state index >= 15 is 0 Å². The van der Waals surface area contributed by atoms with E-state index < -0.39 is 11.4 Å². The maximum Gasteiger partial charge on any atom is 0.373 e. The van der Waals surface area contributed by atoms with E-state index in [1.807, 2.05) is 26.8 Å². The van der Waals surface area contributed by atoms with Gasteiger partial charge in [-0.05, 0) is 48.7 Å². The molecule has 1 atom stereocenters. The van der Waals surface area contributed by atoms with Crippen LogP contribution in [0, 0.1) is 35.5 Å². The number of nitrogens with one attached hydrogen (secondary N) is 1. The van der Waals surface area contributed by atoms with Crippen LogP contribution in [0.3, 0.4) is 0 Å². The highest BCUT2D eigenvalue weighted by atomic mass is 16.5. The molecule has 0 spiro atoms. The Bertz CT molecular complexity index is 1380. The molecule has 0 radical (unpaired) electrons. The number of aromatic amines is 1. The highest BCUT2D eigenvalue weighted by molar-refractivity contribution is 5.87. The molecule has 0 aliphatic carbocycles. The average molecular weight is 443 g/mol. The van der Waals surface area contributed by atoms with Gasteiger partial charge in [0, 0.05) is 11.3 Å². The summed E-state index contributed by atoms with van der Waals surface area (Å²) in [5, 5.41) is 27.1. The molecule has 4 rings (SSSR count). The summed E-state index contributed by atoms with van der Waals surface area (Å²) in [6.07, 6.45) is 0. The van der Waals surface area contributed by atoms with Gasteiger partial charge in [0.15, 0.2) is 0 Å². The minimum atomic E-state index is -1.04. The quantitative estimate of drug-likeness (QED) is 0.580. The first-order valence-corrected chi connectivity index (χ1v) is 10.2. The largest absolute Gasteiger partial charge is 0.463 e. The van der Waals surface area contributed by atoms with Crippen molar-refractivity contribution < 1.29 is 18.7 Å². The van der Waals surface area contributed by atoms with E-state index in [9.17, 15) is 15.3 Å². The van der Waals surface area contributed by atoms with Crippen molar-refractivity contribution in [2.75, 3.05) is 7.11 Å². The van der Waals surface area contributed by atoms with E-state index in [2.05, 4.69) is 22.3 Å². The number of rotatable bonds is 4. The summed E-state index contributed by atoms with van der Waals surface area (Å²) >= 11 is 0. The summed E-state index contributed by atoms with van der Waals surface area (Å²) < 4.78 is 16.1. The summed E-state index contributed by atoms with van der Waals surface area (Å²) in [6.45, 7) is 5.77. The fourth-order valence-electron chi connectivity index (χ4n) is 4.53. The topological polar surface area (TPSA) is 151 Å². The van der Waals surface area contributed by atoms with Crippen molar-refractivity contribution in [3.8, 4) is 29.3 Å². The van der Waals surface area contributed by atoms with Crippen LogP contribution >= 0.6 is 0 Å². The molecule has 0 bridgehead atoms. The van der Waals surface area contributed by atoms with Crippen LogP contribution in [0.4, 0.5) is 0 Å². The van der Waals surface area contributed by atoms with E-state index in [1.54, 1.807) is 18.2 Å². The van der Waals surface area contributed by atoms with Crippen LogP contribution in [-0.4, -0.2) is 23.3 Å². The molecule has 166 valence electrons. The van der Waals surface area contributed by atoms with Crippen LogP contribution in [0.25, 0.3) is 11.3 Å². The molecule has 9 nitrogen and oxygen atoms in total. The third-order valence-corrected chi connectivity index (χ3v) is 5.93. The van der Waals surface area contributed by atoms with Gasteiger partial charge < -0.3 is 19.6 Å². The first kappa shape index (κ1) is 21.7. The van der Waals surface area contributed by atoms with Gasteiger partial charge in [-0.15, -0.1) is 5.10 Å². The Morgan fingerprint density at radius 2 is 2.00 bits per heavy atom. The fourth-order valence-corrected chi connectivity index (χ4v) is 4.53. The highest BCUT2D eigenvalue weighted by Crippen LogP contribution is 2.53. The van der Waals surface area contributed by atoms with E-state index in [0.29, 0.717) is 33.7 Å². The van der Waals surface area contributed by atoms with Gasteiger partial charge in [-0.25, -0.2) is 4.79 Å². The lowest BCUT2D eigenvalue weighted by Gasteiger charge is -2.41. The number of carbonyl (C=O) groups excluding carboxylic acids is 1. The number of benzene rings is 1. The van der Waals surface area contributed by atoms with Crippen molar-refractivity contribution in [1.29, 1.82) is 10.5 Å². The number of nitriles is 2. The van der Waals surface area contributed by atoms with E-state index in [4.69, 9.17) is 19.6 Å². The summed E-state index contributed by atoms with van der Waals surface area (Å²) in [7, 11) is 1.27. The number of aromatic nitrogens is 2. The van der Waals surface area contributed by atoms with Crippen molar-refractivity contribution in [3.63, 3.8) is 0 Å². The molecule has 1 unspecified atom stereocenters. The number of H-pyrrole nitrogens is 1. The smallest absolute Gasteiger partial charge is 0.373 e. The Morgan fingerprint density at radius 1 is 1.24 bits per heavy atom. The monoisotopic (exact) mass is 443 g/mol. The molecular formula is C24H21N5O4. The number of esters is 1. The van der Waals surface area contributed by atoms with Gasteiger partial charge >= 0.3 is 5.97 Å². The molecule has 3 aromatic rings. The SMILES string of the molecule is COC(=O)c1ccc(-c2cc(C#N)cc(C3(C(C)C)C(C#N)=C(N)Oc4n[nH]c(C)c43)c2)o1. The Balaban J connectivity index is 2.04. The van der Waals surface area contributed by atoms with Crippen molar-refractivity contribution in [2.45, 2.75) is 26.2 Å². The second-order valence-corrected chi connectivity index (χ2v) is 8.01. The Labute approximate surface area is 190 Å². The number of hydrogen-bond donors (Lipinski definition) is 2. The van der Waals surface area contributed by atoms with Gasteiger partial charge in [0.2, 0.25) is 17.5 Å². The Morgan fingerprint density at radius 3 is 2.64 bits per heavy atom. The lowest BCUT2D eigenvalue weighted by molar-refractivity contribution is 0.0566. The summed E-state index contributed by atoms with van der Waals surface area (Å²) in [4.78, 5) is 11.9. The average Bonchev–Trinajstić information content (AvgIpc) is 3.44. The molecule has 0 fully saturated rings. The maximum atomic E-state index is 11.9. The molecule has 0 saturated carbocycles. The van der Waals surface area contributed by atoms with Crippen LogP contribution in [0.2, 0.25) is 0 Å². The van der Waals surface area contributed by atoms with Gasteiger partial charge in [0.1, 0.15) is 17.4 Å². The molecule has 0 saturated heterocycles. The Hall–Kier alpha value is -4.50. The summed E-state index contributed by atoms with van der Waals surface area (Å²) in [6, 6.07) is 12.7. The van der Waals surface area contributed by atoms with Crippen LogP contribution in [0.15, 0.2) is 46.2 Å². The van der Waals surface area contributed by atoms with Gasteiger partial charge in [0.25, 0.3) is 0 Å². The highest BCUT2D eigenvalue weighted by Gasteiger charge is 2.50. The molecule has 1 aliphatic rings. The standard InChI is InChI=1S/C24H21N5O4/c1-12(2)24(17(11-26)21(27)33-22-20(24)13(3)28-29-22)16-8-14(10-25)7-15(9-16)18-5-6-19(32-18)23(30)31-4/h5-9,12H,27H2,1-4H3,(H,28,29). The van der Waals surface area contributed by atoms with Crippen LogP contribution in [0.5, 0.6) is 5.88 Å². The molecule has 3 N–H and O–H groups in total. The van der Waals surface area contributed by atoms with Gasteiger partial charge in [-0.1, -0.05) is 13.8 Å². The second kappa shape index (κ2) is 7.88. The van der Waals surface area contributed by atoms with E-state index in [0.717, 1.165) is 0 Å². The fraction of sp³-hybridized carbons (Fsp3) is 0.250. The number of aryl methyl sites for hydroxylation is 1. The number of nitrogens with two attached hydrogens (primary N) is 1. The normalized spacial score (nSPS) is 17.2. The number of allylic oxidation sites excluding steroid dienone is 1. The molecular weight excluding hydrogens is 422 g/mol. The molecule has 0 amide bonds. The second-order valence-electron chi connectivity index (χ2n) is 8.01. The number of methoxy groups -OCH3 is 1. The van der Waals surface area contributed by atoms with Crippen molar-refractivity contribution in [2.24, 2.45) is 11.7 Å². The Kier molecular flexibility index (Phi) is 5.19. The third kappa shape index (κ3) is 3.14. The minimum Gasteiger partial charge on any atom is -0.463 e. The minimum absolute atomic E-state index is 0.0378. The lowest BCUT2D eigenvalue weighted by Crippen LogP contribution is -2.41. The lowest BCUT2D eigenvalue weighted by atomic mass is 9.61. The van der Waals surface area contributed by atoms with Crippen LogP contribution in [-0.2, 0) is 10.2 Å². The summed E-state index contributed by atoms with van der Waals surface area (Å²) in [5.41, 5.74) is 8.33. The molecule has 1 aliphatic heterocycles. The number of fused-ring (bicyclic) bond motifs is 1. The van der Waals surface area contributed by atoms with E-state index in [1.165, 1.54) is 13.2 Å². The molecule has 33 heavy (non-hydrogen) atoms. The zero-order valence-electron chi connectivity index (χ0n) is 18.5. The number of furan rings is 1. The first-order valence-electron chi connectivity index (χ1n) is 10.2. The molecule has 2 aromatic heterocycles. The first-order chi connectivity index (χ1) is 15.8. The van der Waals surface area contributed by atoms with Gasteiger partial charge in [-0.2, -0.15) is 10.5 Å². The van der Waals surface area contributed by atoms with Gasteiger partial charge in [0.05, 0.1) is 29.7 Å². The van der Waals surface area contributed by atoms with Crippen molar-refractivity contribution in [1.82, 2.24) is 10.2 Å². The molecule has 3 heterocycles. The number of carbonyl (C=O) groups is 1. The summed E-state index contributed by atoms with van der Waals surface area (Å²) in [5.74, 6) is -0.126. The predicted octanol–water partition coefficient (Wildman–Crippen LogP) is 3.66. The maximum absolute atomic E-state index is 11.9. The van der Waals surface area contributed by atoms with Crippen molar-refractivity contribution >= 4 is 5.97 Å². The van der Waals surface area contributed by atoms with Crippen LogP contribution < -0.4 is 10.5 Å². The van der Waals surface area contributed by atoms with Crippen molar-refractivity contribution in [3.05, 3.63) is 69.9 Å². The van der Waals surface area contributed by atoms with Gasteiger partial charge in [-0.3, -0.25) is 5.10 Å². The van der Waals surface area contributed by atoms with Crippen LogP contribution in [0.1, 0.15) is 46.8 Å². The predicted molar refractivity (Wildman–Crippen MR) is 117 cm³/mol.